The number of hydrogen-bond donors (Lipinski definition) is 3. The molecule has 0 aromatic heterocycles. The molecule has 2 amide bonds. The first-order valence-corrected chi connectivity index (χ1v) is 8.42. The maximum Gasteiger partial charge on any atom is 0.416 e. The number of rotatable bonds is 8. The molecule has 2 aromatic rings. The summed E-state index contributed by atoms with van der Waals surface area (Å²) in [4.78, 5) is 22.1. The molecule has 150 valence electrons. The van der Waals surface area contributed by atoms with Crippen LogP contribution >= 0.6 is 0 Å². The molecule has 0 fully saturated rings. The number of urea groups is 1. The summed E-state index contributed by atoms with van der Waals surface area (Å²) in [7, 11) is 0. The lowest BCUT2D eigenvalue weighted by Gasteiger charge is -2.10. The number of amides is 2. The van der Waals surface area contributed by atoms with Crippen molar-refractivity contribution in [1.82, 2.24) is 10.6 Å². The van der Waals surface area contributed by atoms with Gasteiger partial charge in [-0.25, -0.2) is 4.79 Å². The molecular weight excluding hydrogens is 377 g/mol. The van der Waals surface area contributed by atoms with Crippen molar-refractivity contribution in [2.45, 2.75) is 12.6 Å². The van der Waals surface area contributed by atoms with E-state index in [1.165, 1.54) is 18.2 Å². The second-order valence-electron chi connectivity index (χ2n) is 5.83. The van der Waals surface area contributed by atoms with Crippen molar-refractivity contribution in [2.75, 3.05) is 25.0 Å². The van der Waals surface area contributed by atoms with Gasteiger partial charge in [0.2, 0.25) is 0 Å². The third-order valence-electron chi connectivity index (χ3n) is 3.81. The number of anilines is 1. The van der Waals surface area contributed by atoms with E-state index < -0.39 is 22.7 Å². The fourth-order valence-electron chi connectivity index (χ4n) is 2.40. The number of nitro groups is 1. The zero-order valence-electron chi connectivity index (χ0n) is 14.8. The fraction of sp³-hybridized carbons (Fsp3) is 0.278. The van der Waals surface area contributed by atoms with Crippen LogP contribution in [-0.2, 0) is 12.6 Å². The lowest BCUT2D eigenvalue weighted by molar-refractivity contribution is -0.384. The molecule has 28 heavy (non-hydrogen) atoms. The molecule has 0 unspecified atom stereocenters. The first-order valence-electron chi connectivity index (χ1n) is 8.42. The van der Waals surface area contributed by atoms with E-state index in [9.17, 15) is 28.1 Å². The number of nitrogens with zero attached hydrogens (tertiary/aromatic N) is 1. The molecule has 0 aliphatic carbocycles. The summed E-state index contributed by atoms with van der Waals surface area (Å²) in [5.41, 5.74) is 0.264. The minimum atomic E-state index is -4.37. The lowest BCUT2D eigenvalue weighted by atomic mass is 10.1. The largest absolute Gasteiger partial charge is 0.416 e. The molecule has 0 atom stereocenters. The number of alkyl halides is 3. The van der Waals surface area contributed by atoms with Crippen LogP contribution in [0.15, 0.2) is 48.5 Å². The van der Waals surface area contributed by atoms with E-state index in [0.29, 0.717) is 17.7 Å². The summed E-state index contributed by atoms with van der Waals surface area (Å²) >= 11 is 0. The van der Waals surface area contributed by atoms with Crippen molar-refractivity contribution in [3.05, 3.63) is 69.8 Å². The van der Waals surface area contributed by atoms with Crippen LogP contribution in [0.2, 0.25) is 0 Å². The maximum absolute atomic E-state index is 12.5. The third-order valence-corrected chi connectivity index (χ3v) is 3.81. The van der Waals surface area contributed by atoms with E-state index in [1.54, 1.807) is 18.2 Å². The molecule has 0 aliphatic heterocycles. The Bertz CT molecular complexity index is 810. The quantitative estimate of drug-likeness (QED) is 0.361. The number of halogens is 3. The van der Waals surface area contributed by atoms with E-state index >= 15 is 0 Å². The Labute approximate surface area is 159 Å². The second-order valence-corrected chi connectivity index (χ2v) is 5.83. The van der Waals surface area contributed by atoms with Crippen LogP contribution in [0.25, 0.3) is 0 Å². The molecule has 0 saturated carbocycles. The van der Waals surface area contributed by atoms with Gasteiger partial charge in [-0.3, -0.25) is 10.1 Å². The highest BCUT2D eigenvalue weighted by Gasteiger charge is 2.29. The summed E-state index contributed by atoms with van der Waals surface area (Å²) in [6.45, 7) is 0.782. The zero-order chi connectivity index (χ0) is 20.6. The number of nitro benzene ring substituents is 1. The number of nitrogens with one attached hydrogen (secondary N) is 3. The van der Waals surface area contributed by atoms with E-state index in [2.05, 4.69) is 16.0 Å². The molecule has 0 spiro atoms. The van der Waals surface area contributed by atoms with Gasteiger partial charge in [0.25, 0.3) is 5.69 Å². The molecule has 0 bridgehead atoms. The van der Waals surface area contributed by atoms with Crippen LogP contribution in [0.5, 0.6) is 0 Å². The fourth-order valence-corrected chi connectivity index (χ4v) is 2.40. The molecule has 2 aromatic carbocycles. The predicted molar refractivity (Wildman–Crippen MR) is 98.1 cm³/mol. The molecule has 3 N–H and O–H groups in total. The van der Waals surface area contributed by atoms with Gasteiger partial charge >= 0.3 is 12.2 Å². The summed E-state index contributed by atoms with van der Waals surface area (Å²) in [5.74, 6) is 0. The van der Waals surface area contributed by atoms with Crippen molar-refractivity contribution in [1.29, 1.82) is 0 Å². The molecule has 0 heterocycles. The number of benzene rings is 2. The van der Waals surface area contributed by atoms with E-state index in [4.69, 9.17) is 0 Å². The Hall–Kier alpha value is -3.30. The van der Waals surface area contributed by atoms with Gasteiger partial charge in [-0.05, 0) is 30.2 Å². The van der Waals surface area contributed by atoms with Gasteiger partial charge in [0.1, 0.15) is 5.69 Å². The lowest BCUT2D eigenvalue weighted by Crippen LogP contribution is -2.38. The maximum atomic E-state index is 12.5. The van der Waals surface area contributed by atoms with Crippen LogP contribution in [0.1, 0.15) is 11.1 Å². The van der Waals surface area contributed by atoms with Gasteiger partial charge in [-0.2, -0.15) is 13.2 Å². The van der Waals surface area contributed by atoms with E-state index in [0.717, 1.165) is 12.1 Å². The Morgan fingerprint density at radius 2 is 1.61 bits per heavy atom. The second kappa shape index (κ2) is 9.58. The van der Waals surface area contributed by atoms with Crippen molar-refractivity contribution in [2.24, 2.45) is 0 Å². The van der Waals surface area contributed by atoms with Crippen LogP contribution in [0, 0.1) is 10.1 Å². The minimum absolute atomic E-state index is 0.0523. The Morgan fingerprint density at radius 1 is 0.964 bits per heavy atom. The summed E-state index contributed by atoms with van der Waals surface area (Å²) in [5, 5.41) is 19.0. The average molecular weight is 396 g/mol. The minimum Gasteiger partial charge on any atom is -0.378 e. The summed E-state index contributed by atoms with van der Waals surface area (Å²) < 4.78 is 37.5. The van der Waals surface area contributed by atoms with Crippen molar-refractivity contribution in [3.8, 4) is 0 Å². The Kier molecular flexibility index (Phi) is 7.19. The highest BCUT2D eigenvalue weighted by molar-refractivity contribution is 5.73. The monoisotopic (exact) mass is 396 g/mol. The molecule has 10 heteroatoms. The normalized spacial score (nSPS) is 11.0. The van der Waals surface area contributed by atoms with Crippen molar-refractivity contribution in [3.63, 3.8) is 0 Å². The smallest absolute Gasteiger partial charge is 0.378 e. The first-order chi connectivity index (χ1) is 13.3. The standard InChI is InChI=1S/C18H19F3N4O3/c19-18(20,21)14-7-5-13(6-8-14)9-10-23-17(26)24-12-11-22-15-3-1-2-4-16(15)25(27)28/h1-8,22H,9-12H2,(H2,23,24,26). The Balaban J connectivity index is 1.66. The number of hydrogen-bond acceptors (Lipinski definition) is 4. The topological polar surface area (TPSA) is 96.3 Å². The van der Waals surface area contributed by atoms with Gasteiger partial charge in [0.05, 0.1) is 10.5 Å². The van der Waals surface area contributed by atoms with Crippen LogP contribution in [0.4, 0.5) is 29.3 Å². The van der Waals surface area contributed by atoms with Gasteiger partial charge < -0.3 is 16.0 Å². The average Bonchev–Trinajstić information content (AvgIpc) is 2.65. The van der Waals surface area contributed by atoms with Crippen molar-refractivity contribution < 1.29 is 22.9 Å². The summed E-state index contributed by atoms with van der Waals surface area (Å²) in [6.07, 6.45) is -3.98. The highest BCUT2D eigenvalue weighted by atomic mass is 19.4. The zero-order valence-corrected chi connectivity index (χ0v) is 14.8. The van der Waals surface area contributed by atoms with E-state index in [1.807, 2.05) is 0 Å². The van der Waals surface area contributed by atoms with Crippen LogP contribution in [-0.4, -0.2) is 30.6 Å². The molecule has 7 nitrogen and oxygen atoms in total. The first kappa shape index (κ1) is 21.0. The molecule has 0 saturated heterocycles. The SMILES string of the molecule is O=C(NCCNc1ccccc1[N+](=O)[O-])NCCc1ccc(C(F)(F)F)cc1. The predicted octanol–water partition coefficient (Wildman–Crippen LogP) is 3.57. The summed E-state index contributed by atoms with van der Waals surface area (Å²) in [6, 6.07) is 10.5. The molecule has 2 rings (SSSR count). The van der Waals surface area contributed by atoms with Crippen LogP contribution < -0.4 is 16.0 Å². The van der Waals surface area contributed by atoms with Gasteiger partial charge in [0, 0.05) is 25.7 Å². The van der Waals surface area contributed by atoms with E-state index in [-0.39, 0.29) is 25.3 Å². The Morgan fingerprint density at radius 3 is 2.25 bits per heavy atom. The van der Waals surface area contributed by atoms with Crippen molar-refractivity contribution >= 4 is 17.4 Å². The number of carbonyl (C=O) groups is 1. The van der Waals surface area contributed by atoms with Gasteiger partial charge in [-0.1, -0.05) is 24.3 Å². The molecular formula is C18H19F3N4O3. The highest BCUT2D eigenvalue weighted by Crippen LogP contribution is 2.29. The van der Waals surface area contributed by atoms with Gasteiger partial charge in [-0.15, -0.1) is 0 Å². The number of carbonyl (C=O) groups excluding carboxylic acids is 1. The third kappa shape index (κ3) is 6.45. The molecule has 0 radical (unpaired) electrons. The van der Waals surface area contributed by atoms with Crippen LogP contribution in [0.3, 0.4) is 0 Å². The van der Waals surface area contributed by atoms with Gasteiger partial charge in [0.15, 0.2) is 0 Å². The number of para-hydroxylation sites is 2. The molecule has 0 aliphatic rings.